The van der Waals surface area contributed by atoms with Crippen molar-refractivity contribution in [3.8, 4) is 11.4 Å². The number of carbonyl (C=O) groups is 1. The van der Waals surface area contributed by atoms with Crippen molar-refractivity contribution in [2.75, 3.05) is 32.8 Å². The fraction of sp³-hybridized carbons (Fsp3) is 0.348. The zero-order valence-electron chi connectivity index (χ0n) is 17.5. The molecule has 162 valence electrons. The number of halogens is 1. The van der Waals surface area contributed by atoms with Gasteiger partial charge in [0, 0.05) is 42.3 Å². The van der Waals surface area contributed by atoms with Crippen molar-refractivity contribution in [3.63, 3.8) is 0 Å². The fourth-order valence-electron chi connectivity index (χ4n) is 3.84. The second kappa shape index (κ2) is 10.0. The van der Waals surface area contributed by atoms with Gasteiger partial charge in [-0.15, -0.1) is 10.2 Å². The molecule has 1 saturated heterocycles. The molecular formula is C23H26ClN5O2. The number of rotatable bonds is 7. The Balaban J connectivity index is 1.47. The van der Waals surface area contributed by atoms with Gasteiger partial charge < -0.3 is 14.6 Å². The number of benzene rings is 2. The Morgan fingerprint density at radius 1 is 1.16 bits per heavy atom. The first kappa shape index (κ1) is 21.5. The monoisotopic (exact) mass is 439 g/mol. The van der Waals surface area contributed by atoms with Crippen molar-refractivity contribution in [1.29, 1.82) is 0 Å². The van der Waals surface area contributed by atoms with E-state index >= 15 is 0 Å². The van der Waals surface area contributed by atoms with Gasteiger partial charge in [0.25, 0.3) is 5.91 Å². The normalized spacial score (nSPS) is 15.5. The maximum atomic E-state index is 12.8. The van der Waals surface area contributed by atoms with Gasteiger partial charge in [-0.25, -0.2) is 0 Å². The summed E-state index contributed by atoms with van der Waals surface area (Å²) in [7, 11) is 0. The molecule has 0 bridgehead atoms. The smallest absolute Gasteiger partial charge is 0.251 e. The first-order valence-corrected chi connectivity index (χ1v) is 10.9. The van der Waals surface area contributed by atoms with Crippen LogP contribution in [0.15, 0.2) is 54.9 Å². The molecule has 1 unspecified atom stereocenters. The van der Waals surface area contributed by atoms with Gasteiger partial charge in [0.1, 0.15) is 6.33 Å². The van der Waals surface area contributed by atoms with E-state index < -0.39 is 0 Å². The summed E-state index contributed by atoms with van der Waals surface area (Å²) in [5.74, 6) is 0.675. The molecule has 1 atom stereocenters. The maximum Gasteiger partial charge on any atom is 0.251 e. The average molecular weight is 440 g/mol. The van der Waals surface area contributed by atoms with Crippen molar-refractivity contribution in [3.05, 3.63) is 71.0 Å². The molecule has 4 rings (SSSR count). The lowest BCUT2D eigenvalue weighted by Gasteiger charge is -2.35. The number of hydrogen-bond donors (Lipinski definition) is 1. The number of aryl methyl sites for hydroxylation is 1. The Labute approximate surface area is 187 Å². The zero-order valence-corrected chi connectivity index (χ0v) is 18.3. The van der Waals surface area contributed by atoms with Gasteiger partial charge >= 0.3 is 0 Å². The van der Waals surface area contributed by atoms with Crippen LogP contribution in [0.4, 0.5) is 0 Å². The Bertz CT molecular complexity index is 1010. The van der Waals surface area contributed by atoms with Gasteiger partial charge in [-0.1, -0.05) is 41.9 Å². The molecule has 7 nitrogen and oxygen atoms in total. The molecule has 0 saturated carbocycles. The molecule has 3 aromatic rings. The summed E-state index contributed by atoms with van der Waals surface area (Å²) in [6.45, 7) is 6.26. The van der Waals surface area contributed by atoms with Crippen molar-refractivity contribution in [1.82, 2.24) is 25.0 Å². The minimum atomic E-state index is -0.117. The van der Waals surface area contributed by atoms with E-state index in [1.165, 1.54) is 0 Å². The highest BCUT2D eigenvalue weighted by Gasteiger charge is 2.25. The fourth-order valence-corrected chi connectivity index (χ4v) is 4.10. The SMILES string of the molecule is CCn1cnnc1-c1ccc(C(=O)NCC(c2ccccc2Cl)N2CCOCC2)cc1. The van der Waals surface area contributed by atoms with Crippen LogP contribution in [0, 0.1) is 0 Å². The van der Waals surface area contributed by atoms with Crippen molar-refractivity contribution in [2.45, 2.75) is 19.5 Å². The Hall–Kier alpha value is -2.74. The lowest BCUT2D eigenvalue weighted by Crippen LogP contribution is -2.44. The quantitative estimate of drug-likeness (QED) is 0.610. The lowest BCUT2D eigenvalue weighted by atomic mass is 10.0. The molecule has 1 aromatic heterocycles. The molecule has 1 amide bonds. The number of morpholine rings is 1. The number of ether oxygens (including phenoxy) is 1. The molecule has 0 spiro atoms. The molecule has 1 aliphatic heterocycles. The molecule has 31 heavy (non-hydrogen) atoms. The van der Waals surface area contributed by atoms with Crippen LogP contribution in [0.1, 0.15) is 28.9 Å². The second-order valence-corrected chi connectivity index (χ2v) is 7.82. The van der Waals surface area contributed by atoms with Crippen LogP contribution >= 0.6 is 11.6 Å². The van der Waals surface area contributed by atoms with Gasteiger partial charge in [0.2, 0.25) is 0 Å². The van der Waals surface area contributed by atoms with Gasteiger partial charge in [-0.05, 0) is 30.7 Å². The molecule has 2 heterocycles. The summed E-state index contributed by atoms with van der Waals surface area (Å²) in [6, 6.07) is 15.2. The molecule has 1 aliphatic rings. The first-order chi connectivity index (χ1) is 15.2. The number of amides is 1. The summed E-state index contributed by atoms with van der Waals surface area (Å²) in [5, 5.41) is 11.9. The zero-order chi connectivity index (χ0) is 21.6. The minimum Gasteiger partial charge on any atom is -0.379 e. The van der Waals surface area contributed by atoms with E-state index in [9.17, 15) is 4.79 Å². The summed E-state index contributed by atoms with van der Waals surface area (Å²) in [6.07, 6.45) is 1.70. The predicted octanol–water partition coefficient (Wildman–Crippen LogP) is 3.42. The van der Waals surface area contributed by atoms with E-state index in [2.05, 4.69) is 20.4 Å². The van der Waals surface area contributed by atoms with Gasteiger partial charge in [0.15, 0.2) is 5.82 Å². The third-order valence-corrected chi connectivity index (χ3v) is 5.91. The van der Waals surface area contributed by atoms with E-state index in [1.807, 2.05) is 60.0 Å². The van der Waals surface area contributed by atoms with Crippen LogP contribution < -0.4 is 5.32 Å². The molecule has 0 radical (unpaired) electrons. The van der Waals surface area contributed by atoms with E-state index in [0.29, 0.717) is 30.3 Å². The van der Waals surface area contributed by atoms with Crippen molar-refractivity contribution in [2.24, 2.45) is 0 Å². The molecule has 1 fully saturated rings. The highest BCUT2D eigenvalue weighted by atomic mass is 35.5. The van der Waals surface area contributed by atoms with E-state index in [1.54, 1.807) is 6.33 Å². The van der Waals surface area contributed by atoms with Crippen LogP contribution in [-0.2, 0) is 11.3 Å². The van der Waals surface area contributed by atoms with Crippen LogP contribution in [0.3, 0.4) is 0 Å². The Kier molecular flexibility index (Phi) is 6.96. The highest BCUT2D eigenvalue weighted by Crippen LogP contribution is 2.28. The van der Waals surface area contributed by atoms with E-state index in [4.69, 9.17) is 16.3 Å². The summed E-state index contributed by atoms with van der Waals surface area (Å²) in [5.41, 5.74) is 2.55. The number of nitrogens with zero attached hydrogens (tertiary/aromatic N) is 4. The molecule has 0 aliphatic carbocycles. The molecule has 2 aromatic carbocycles. The Morgan fingerprint density at radius 3 is 2.61 bits per heavy atom. The van der Waals surface area contributed by atoms with Gasteiger partial charge in [-0.2, -0.15) is 0 Å². The summed E-state index contributed by atoms with van der Waals surface area (Å²) < 4.78 is 7.46. The standard InChI is InChI=1S/C23H26ClN5O2/c1-2-28-16-26-27-22(28)17-7-9-18(10-8-17)23(30)25-15-21(29-11-13-31-14-12-29)19-5-3-4-6-20(19)24/h3-10,16,21H,2,11-15H2,1H3,(H,25,30). The van der Waals surface area contributed by atoms with Crippen molar-refractivity contribution < 1.29 is 9.53 Å². The topological polar surface area (TPSA) is 72.3 Å². The summed E-state index contributed by atoms with van der Waals surface area (Å²) >= 11 is 6.48. The second-order valence-electron chi connectivity index (χ2n) is 7.41. The minimum absolute atomic E-state index is 0.0103. The number of carbonyl (C=O) groups excluding carboxylic acids is 1. The lowest BCUT2D eigenvalue weighted by molar-refractivity contribution is 0.0162. The molecule has 8 heteroatoms. The first-order valence-electron chi connectivity index (χ1n) is 10.5. The maximum absolute atomic E-state index is 12.8. The van der Waals surface area contributed by atoms with E-state index in [0.717, 1.165) is 36.6 Å². The van der Waals surface area contributed by atoms with Gasteiger partial charge in [-0.3, -0.25) is 9.69 Å². The van der Waals surface area contributed by atoms with Crippen molar-refractivity contribution >= 4 is 17.5 Å². The number of hydrogen-bond acceptors (Lipinski definition) is 5. The Morgan fingerprint density at radius 2 is 1.90 bits per heavy atom. The number of nitrogens with one attached hydrogen (secondary N) is 1. The van der Waals surface area contributed by atoms with Gasteiger partial charge in [0.05, 0.1) is 19.3 Å². The summed E-state index contributed by atoms with van der Waals surface area (Å²) in [4.78, 5) is 15.2. The van der Waals surface area contributed by atoms with Crippen LogP contribution in [0.2, 0.25) is 5.02 Å². The average Bonchev–Trinajstić information content (AvgIpc) is 3.30. The number of aromatic nitrogens is 3. The van der Waals surface area contributed by atoms with E-state index in [-0.39, 0.29) is 11.9 Å². The highest BCUT2D eigenvalue weighted by molar-refractivity contribution is 6.31. The largest absolute Gasteiger partial charge is 0.379 e. The molecular weight excluding hydrogens is 414 g/mol. The van der Waals surface area contributed by atoms with Crippen LogP contribution in [0.25, 0.3) is 11.4 Å². The third kappa shape index (κ3) is 4.95. The third-order valence-electron chi connectivity index (χ3n) is 5.57. The van der Waals surface area contributed by atoms with Crippen LogP contribution in [-0.4, -0.2) is 58.4 Å². The molecule has 1 N–H and O–H groups in total. The predicted molar refractivity (Wildman–Crippen MR) is 120 cm³/mol. The van der Waals surface area contributed by atoms with Crippen LogP contribution in [0.5, 0.6) is 0 Å².